The van der Waals surface area contributed by atoms with Gasteiger partial charge in [-0.1, -0.05) is 6.07 Å². The van der Waals surface area contributed by atoms with E-state index in [1.165, 1.54) is 6.20 Å². The fourth-order valence-electron chi connectivity index (χ4n) is 4.32. The van der Waals surface area contributed by atoms with Crippen LogP contribution >= 0.6 is 0 Å². The Morgan fingerprint density at radius 1 is 1.12 bits per heavy atom. The second kappa shape index (κ2) is 7.54. The van der Waals surface area contributed by atoms with Gasteiger partial charge in [-0.05, 0) is 48.9 Å². The number of aromatic hydroxyl groups is 1. The molecule has 5 nitrogen and oxygen atoms in total. The van der Waals surface area contributed by atoms with Crippen LogP contribution in [0.1, 0.15) is 18.5 Å². The predicted octanol–water partition coefficient (Wildman–Crippen LogP) is 3.13. The molecule has 1 saturated heterocycles. The summed E-state index contributed by atoms with van der Waals surface area (Å²) in [5.41, 5.74) is 1.04. The Balaban J connectivity index is 1.25. The normalized spacial score (nSPS) is 25.2. The average molecular weight is 354 g/mol. The molecule has 2 aromatic rings. The number of benzene rings is 1. The van der Waals surface area contributed by atoms with Crippen LogP contribution in [0.25, 0.3) is 0 Å². The Labute approximate surface area is 154 Å². The Morgan fingerprint density at radius 3 is 2.58 bits per heavy atom. The second-order valence-corrected chi connectivity index (χ2v) is 7.43. The Bertz CT molecular complexity index is 720. The van der Waals surface area contributed by atoms with Crippen LogP contribution < -0.4 is 9.47 Å². The molecule has 5 heteroatoms. The fraction of sp³-hybridized carbons (Fsp3) is 0.476. The number of hydrogen-bond donors (Lipinski definition) is 1. The maximum atomic E-state index is 9.31. The fourth-order valence-corrected chi connectivity index (χ4v) is 4.32. The molecule has 0 spiro atoms. The van der Waals surface area contributed by atoms with Crippen molar-refractivity contribution < 1.29 is 14.6 Å². The SMILES string of the molecule is COc1cccc(O[C@H]2C[C@@H]3CN(CCc4ccc(O)cn4)C[C@@H]3C2)c1. The lowest BCUT2D eigenvalue weighted by atomic mass is 10.0. The van der Waals surface area contributed by atoms with Gasteiger partial charge in [0.05, 0.1) is 19.4 Å². The largest absolute Gasteiger partial charge is 0.506 e. The number of aromatic nitrogens is 1. The molecular formula is C21H26N2O3. The Morgan fingerprint density at radius 2 is 1.88 bits per heavy atom. The molecule has 2 aliphatic rings. The number of rotatable bonds is 6. The molecule has 1 aliphatic heterocycles. The third-order valence-electron chi connectivity index (χ3n) is 5.62. The molecule has 2 fully saturated rings. The summed E-state index contributed by atoms with van der Waals surface area (Å²) in [6.07, 6.45) is 5.04. The van der Waals surface area contributed by atoms with Crippen molar-refractivity contribution in [1.29, 1.82) is 0 Å². The lowest BCUT2D eigenvalue weighted by Gasteiger charge is -2.20. The van der Waals surface area contributed by atoms with Crippen LogP contribution in [0.4, 0.5) is 0 Å². The highest BCUT2D eigenvalue weighted by molar-refractivity contribution is 5.33. The van der Waals surface area contributed by atoms with Crippen molar-refractivity contribution >= 4 is 0 Å². The van der Waals surface area contributed by atoms with Crippen LogP contribution in [-0.4, -0.2) is 47.8 Å². The molecule has 138 valence electrons. The number of pyridine rings is 1. The van der Waals surface area contributed by atoms with Gasteiger partial charge < -0.3 is 19.5 Å². The van der Waals surface area contributed by atoms with Gasteiger partial charge in [-0.3, -0.25) is 4.98 Å². The van der Waals surface area contributed by atoms with Crippen LogP contribution in [0, 0.1) is 11.8 Å². The molecule has 2 heterocycles. The molecule has 0 unspecified atom stereocenters. The van der Waals surface area contributed by atoms with E-state index in [9.17, 15) is 5.11 Å². The maximum Gasteiger partial charge on any atom is 0.133 e. The van der Waals surface area contributed by atoms with Gasteiger partial charge in [-0.25, -0.2) is 0 Å². The van der Waals surface area contributed by atoms with Gasteiger partial charge in [-0.2, -0.15) is 0 Å². The van der Waals surface area contributed by atoms with Gasteiger partial charge >= 0.3 is 0 Å². The van der Waals surface area contributed by atoms with E-state index in [-0.39, 0.29) is 5.75 Å². The number of methoxy groups -OCH3 is 1. The first-order valence-corrected chi connectivity index (χ1v) is 9.36. The number of ether oxygens (including phenoxy) is 2. The summed E-state index contributed by atoms with van der Waals surface area (Å²) in [6, 6.07) is 11.5. The minimum Gasteiger partial charge on any atom is -0.506 e. The van der Waals surface area contributed by atoms with Crippen molar-refractivity contribution in [2.45, 2.75) is 25.4 Å². The molecular weight excluding hydrogens is 328 g/mol. The summed E-state index contributed by atoms with van der Waals surface area (Å²) in [6.45, 7) is 3.34. The highest BCUT2D eigenvalue weighted by Crippen LogP contribution is 2.40. The van der Waals surface area contributed by atoms with Gasteiger partial charge in [0.15, 0.2) is 0 Å². The van der Waals surface area contributed by atoms with Gasteiger partial charge in [0.1, 0.15) is 17.2 Å². The molecule has 1 saturated carbocycles. The molecule has 0 bridgehead atoms. The molecule has 4 rings (SSSR count). The highest BCUT2D eigenvalue weighted by atomic mass is 16.5. The van der Waals surface area contributed by atoms with Crippen molar-refractivity contribution in [3.05, 3.63) is 48.3 Å². The first kappa shape index (κ1) is 17.2. The van der Waals surface area contributed by atoms with Gasteiger partial charge in [0, 0.05) is 37.8 Å². The number of likely N-dealkylation sites (tertiary alicyclic amines) is 1. The quantitative estimate of drug-likeness (QED) is 0.864. The topological polar surface area (TPSA) is 54.8 Å². The zero-order valence-electron chi connectivity index (χ0n) is 15.2. The lowest BCUT2D eigenvalue weighted by molar-refractivity contribution is 0.185. The summed E-state index contributed by atoms with van der Waals surface area (Å²) >= 11 is 0. The maximum absolute atomic E-state index is 9.31. The van der Waals surface area contributed by atoms with Crippen molar-refractivity contribution in [2.75, 3.05) is 26.7 Å². The molecule has 0 radical (unpaired) electrons. The van der Waals surface area contributed by atoms with Crippen LogP contribution in [0.5, 0.6) is 17.2 Å². The average Bonchev–Trinajstić information content (AvgIpc) is 3.19. The molecule has 1 aliphatic carbocycles. The summed E-state index contributed by atoms with van der Waals surface area (Å²) in [5.74, 6) is 3.45. The smallest absolute Gasteiger partial charge is 0.133 e. The first-order valence-electron chi connectivity index (χ1n) is 9.36. The van der Waals surface area contributed by atoms with Crippen molar-refractivity contribution in [3.8, 4) is 17.2 Å². The summed E-state index contributed by atoms with van der Waals surface area (Å²) < 4.78 is 11.5. The van der Waals surface area contributed by atoms with E-state index >= 15 is 0 Å². The van der Waals surface area contributed by atoms with E-state index in [1.54, 1.807) is 13.2 Å². The van der Waals surface area contributed by atoms with E-state index in [0.717, 1.165) is 67.9 Å². The first-order chi connectivity index (χ1) is 12.7. The zero-order valence-corrected chi connectivity index (χ0v) is 15.2. The zero-order chi connectivity index (χ0) is 17.9. The predicted molar refractivity (Wildman–Crippen MR) is 99.7 cm³/mol. The van der Waals surface area contributed by atoms with Gasteiger partial charge in [-0.15, -0.1) is 0 Å². The van der Waals surface area contributed by atoms with E-state index in [0.29, 0.717) is 6.10 Å². The summed E-state index contributed by atoms with van der Waals surface area (Å²) in [5, 5.41) is 9.31. The third kappa shape index (κ3) is 3.93. The molecule has 1 N–H and O–H groups in total. The van der Waals surface area contributed by atoms with Crippen LogP contribution in [0.3, 0.4) is 0 Å². The van der Waals surface area contributed by atoms with Gasteiger partial charge in [0.2, 0.25) is 0 Å². The summed E-state index contributed by atoms with van der Waals surface area (Å²) in [7, 11) is 1.68. The molecule has 1 aromatic heterocycles. The molecule has 26 heavy (non-hydrogen) atoms. The Hall–Kier alpha value is -2.27. The van der Waals surface area contributed by atoms with Gasteiger partial charge in [0.25, 0.3) is 0 Å². The second-order valence-electron chi connectivity index (χ2n) is 7.43. The molecule has 0 amide bonds. The van der Waals surface area contributed by atoms with Crippen molar-refractivity contribution in [1.82, 2.24) is 9.88 Å². The van der Waals surface area contributed by atoms with E-state index in [4.69, 9.17) is 9.47 Å². The van der Waals surface area contributed by atoms with Crippen LogP contribution in [0.15, 0.2) is 42.6 Å². The minimum atomic E-state index is 0.228. The number of nitrogens with zero attached hydrogens (tertiary/aromatic N) is 2. The number of fused-ring (bicyclic) bond motifs is 1. The van der Waals surface area contributed by atoms with E-state index < -0.39 is 0 Å². The standard InChI is InChI=1S/C21H26N2O3/c1-25-19-3-2-4-20(11-19)26-21-9-15-13-23(14-16(15)10-21)8-7-17-5-6-18(24)12-22-17/h2-6,11-12,15-16,21,24H,7-10,13-14H2,1H3/t15-,16+,21+. The van der Waals surface area contributed by atoms with Crippen LogP contribution in [-0.2, 0) is 6.42 Å². The van der Waals surface area contributed by atoms with Crippen molar-refractivity contribution in [2.24, 2.45) is 11.8 Å². The van der Waals surface area contributed by atoms with E-state index in [1.807, 2.05) is 30.3 Å². The Kier molecular flexibility index (Phi) is 4.98. The lowest BCUT2D eigenvalue weighted by Crippen LogP contribution is -2.26. The van der Waals surface area contributed by atoms with Crippen molar-refractivity contribution in [3.63, 3.8) is 0 Å². The molecule has 1 aromatic carbocycles. The van der Waals surface area contributed by atoms with Crippen LogP contribution in [0.2, 0.25) is 0 Å². The molecule has 3 atom stereocenters. The minimum absolute atomic E-state index is 0.228. The third-order valence-corrected chi connectivity index (χ3v) is 5.62. The number of hydrogen-bond acceptors (Lipinski definition) is 5. The monoisotopic (exact) mass is 354 g/mol. The van der Waals surface area contributed by atoms with E-state index in [2.05, 4.69) is 9.88 Å². The summed E-state index contributed by atoms with van der Waals surface area (Å²) in [4.78, 5) is 6.82. The highest BCUT2D eigenvalue weighted by Gasteiger charge is 2.41.